The summed E-state index contributed by atoms with van der Waals surface area (Å²) < 4.78 is 5.67. The fourth-order valence-corrected chi connectivity index (χ4v) is 2.75. The van der Waals surface area contributed by atoms with E-state index in [4.69, 9.17) is 10.5 Å². The highest BCUT2D eigenvalue weighted by Crippen LogP contribution is 2.25. The predicted molar refractivity (Wildman–Crippen MR) is 91.7 cm³/mol. The summed E-state index contributed by atoms with van der Waals surface area (Å²) in [5, 5.41) is 3.11. The smallest absolute Gasteiger partial charge is 0.251 e. The minimum Gasteiger partial charge on any atom is -0.493 e. The first-order valence-electron chi connectivity index (χ1n) is 7.84. The summed E-state index contributed by atoms with van der Waals surface area (Å²) in [5.74, 6) is 1.59. The first kappa shape index (κ1) is 18.8. The number of halogens is 1. The molecule has 0 saturated heterocycles. The van der Waals surface area contributed by atoms with Crippen molar-refractivity contribution in [2.45, 2.75) is 39.2 Å². The topological polar surface area (TPSA) is 64.3 Å². The molecule has 0 bridgehead atoms. The van der Waals surface area contributed by atoms with Crippen LogP contribution in [0, 0.1) is 11.8 Å². The van der Waals surface area contributed by atoms with Gasteiger partial charge in [-0.1, -0.05) is 26.3 Å². The number of ether oxygens (including phenoxy) is 1. The average molecular weight is 327 g/mol. The van der Waals surface area contributed by atoms with Crippen molar-refractivity contribution in [2.24, 2.45) is 17.6 Å². The molecule has 1 aliphatic rings. The number of hydrogen-bond acceptors (Lipinski definition) is 3. The van der Waals surface area contributed by atoms with Crippen molar-refractivity contribution in [3.8, 4) is 5.75 Å². The molecular formula is C17H27ClN2O2. The van der Waals surface area contributed by atoms with Crippen LogP contribution in [-0.2, 0) is 0 Å². The van der Waals surface area contributed by atoms with Gasteiger partial charge in [0.1, 0.15) is 5.75 Å². The van der Waals surface area contributed by atoms with E-state index in [0.717, 1.165) is 25.0 Å². The molecule has 0 aliphatic heterocycles. The molecule has 5 heteroatoms. The Hall–Kier alpha value is -1.26. The van der Waals surface area contributed by atoms with Gasteiger partial charge in [-0.05, 0) is 49.4 Å². The average Bonchev–Trinajstić information content (AvgIpc) is 2.92. The van der Waals surface area contributed by atoms with E-state index >= 15 is 0 Å². The molecule has 2 unspecified atom stereocenters. The maximum absolute atomic E-state index is 12.3. The first-order chi connectivity index (χ1) is 10.1. The van der Waals surface area contributed by atoms with Crippen LogP contribution in [-0.4, -0.2) is 25.1 Å². The molecule has 1 aliphatic carbocycles. The number of rotatable bonds is 6. The van der Waals surface area contributed by atoms with E-state index in [-0.39, 0.29) is 24.4 Å². The SMILES string of the molecule is CC(C)COc1cccc(C(=O)NC2CCCC2CN)c1.Cl. The van der Waals surface area contributed by atoms with Crippen LogP contribution in [0.2, 0.25) is 0 Å². The van der Waals surface area contributed by atoms with Crippen molar-refractivity contribution in [1.29, 1.82) is 0 Å². The lowest BCUT2D eigenvalue weighted by Crippen LogP contribution is -2.39. The molecule has 4 nitrogen and oxygen atoms in total. The summed E-state index contributed by atoms with van der Waals surface area (Å²) >= 11 is 0. The van der Waals surface area contributed by atoms with Gasteiger partial charge in [0.05, 0.1) is 6.61 Å². The molecule has 0 heterocycles. The molecule has 1 aromatic carbocycles. The van der Waals surface area contributed by atoms with Crippen LogP contribution in [0.25, 0.3) is 0 Å². The van der Waals surface area contributed by atoms with Gasteiger partial charge in [-0.3, -0.25) is 4.79 Å². The molecule has 0 spiro atoms. The zero-order valence-corrected chi connectivity index (χ0v) is 14.2. The minimum absolute atomic E-state index is 0. The molecule has 1 amide bonds. The van der Waals surface area contributed by atoms with Crippen molar-refractivity contribution in [1.82, 2.24) is 5.32 Å². The Morgan fingerprint density at radius 2 is 2.18 bits per heavy atom. The molecule has 2 atom stereocenters. The van der Waals surface area contributed by atoms with Crippen LogP contribution in [0.3, 0.4) is 0 Å². The summed E-state index contributed by atoms with van der Waals surface area (Å²) in [6, 6.07) is 7.59. The highest BCUT2D eigenvalue weighted by atomic mass is 35.5. The normalized spacial score (nSPS) is 20.5. The maximum Gasteiger partial charge on any atom is 0.251 e. The van der Waals surface area contributed by atoms with Gasteiger partial charge in [-0.15, -0.1) is 12.4 Å². The summed E-state index contributed by atoms with van der Waals surface area (Å²) in [5.41, 5.74) is 6.41. The van der Waals surface area contributed by atoms with Gasteiger partial charge in [0, 0.05) is 11.6 Å². The number of benzene rings is 1. The largest absolute Gasteiger partial charge is 0.493 e. The Morgan fingerprint density at radius 1 is 1.41 bits per heavy atom. The van der Waals surface area contributed by atoms with Crippen molar-refractivity contribution >= 4 is 18.3 Å². The number of nitrogens with one attached hydrogen (secondary N) is 1. The maximum atomic E-state index is 12.3. The van der Waals surface area contributed by atoms with E-state index in [1.165, 1.54) is 0 Å². The van der Waals surface area contributed by atoms with E-state index in [9.17, 15) is 4.79 Å². The number of amides is 1. The second kappa shape index (κ2) is 9.01. The standard InChI is InChI=1S/C17H26N2O2.ClH/c1-12(2)11-21-15-7-3-5-13(9-15)17(20)19-16-8-4-6-14(16)10-18;/h3,5,7,9,12,14,16H,4,6,8,10-11,18H2,1-2H3,(H,19,20);1H. The third kappa shape index (κ3) is 5.18. The quantitative estimate of drug-likeness (QED) is 0.844. The highest BCUT2D eigenvalue weighted by Gasteiger charge is 2.27. The molecule has 0 radical (unpaired) electrons. The van der Waals surface area contributed by atoms with Gasteiger partial charge in [0.25, 0.3) is 5.91 Å². The van der Waals surface area contributed by atoms with Crippen molar-refractivity contribution < 1.29 is 9.53 Å². The van der Waals surface area contributed by atoms with Crippen LogP contribution in [0.4, 0.5) is 0 Å². The molecule has 1 fully saturated rings. The van der Waals surface area contributed by atoms with E-state index in [2.05, 4.69) is 19.2 Å². The molecule has 124 valence electrons. The number of hydrogen-bond donors (Lipinski definition) is 2. The number of carbonyl (C=O) groups excluding carboxylic acids is 1. The van der Waals surface area contributed by atoms with Gasteiger partial charge in [0.2, 0.25) is 0 Å². The van der Waals surface area contributed by atoms with Crippen LogP contribution in [0.1, 0.15) is 43.5 Å². The molecule has 1 saturated carbocycles. The van der Waals surface area contributed by atoms with Crippen LogP contribution >= 0.6 is 12.4 Å². The second-order valence-corrected chi connectivity index (χ2v) is 6.24. The lowest BCUT2D eigenvalue weighted by Gasteiger charge is -2.19. The molecule has 2 rings (SSSR count). The van der Waals surface area contributed by atoms with Crippen LogP contribution in [0.5, 0.6) is 5.75 Å². The highest BCUT2D eigenvalue weighted by molar-refractivity contribution is 5.94. The van der Waals surface area contributed by atoms with Gasteiger partial charge in [0.15, 0.2) is 0 Å². The lowest BCUT2D eigenvalue weighted by molar-refractivity contribution is 0.0928. The van der Waals surface area contributed by atoms with Gasteiger partial charge in [-0.25, -0.2) is 0 Å². The molecular weight excluding hydrogens is 300 g/mol. The molecule has 1 aromatic rings. The van der Waals surface area contributed by atoms with E-state index in [1.807, 2.05) is 24.3 Å². The Kier molecular flexibility index (Phi) is 7.69. The third-order valence-corrected chi connectivity index (χ3v) is 3.96. The van der Waals surface area contributed by atoms with E-state index in [1.54, 1.807) is 0 Å². The Labute approximate surface area is 139 Å². The van der Waals surface area contributed by atoms with Crippen LogP contribution < -0.4 is 15.8 Å². The van der Waals surface area contributed by atoms with Gasteiger partial charge in [-0.2, -0.15) is 0 Å². The Bertz CT molecular complexity index is 479. The summed E-state index contributed by atoms with van der Waals surface area (Å²) in [6.07, 6.45) is 3.28. The van der Waals surface area contributed by atoms with Crippen molar-refractivity contribution in [2.75, 3.05) is 13.2 Å². The van der Waals surface area contributed by atoms with E-state index < -0.39 is 0 Å². The molecule has 3 N–H and O–H groups in total. The van der Waals surface area contributed by atoms with Crippen LogP contribution in [0.15, 0.2) is 24.3 Å². The minimum atomic E-state index is -0.0321. The fourth-order valence-electron chi connectivity index (χ4n) is 2.75. The Morgan fingerprint density at radius 3 is 2.86 bits per heavy atom. The first-order valence-corrected chi connectivity index (χ1v) is 7.84. The zero-order valence-electron chi connectivity index (χ0n) is 13.4. The van der Waals surface area contributed by atoms with Crippen molar-refractivity contribution in [3.63, 3.8) is 0 Å². The summed E-state index contributed by atoms with van der Waals surface area (Å²) in [6.45, 7) is 5.50. The Balaban J connectivity index is 0.00000242. The monoisotopic (exact) mass is 326 g/mol. The van der Waals surface area contributed by atoms with E-state index in [0.29, 0.717) is 30.6 Å². The third-order valence-electron chi connectivity index (χ3n) is 3.96. The lowest BCUT2D eigenvalue weighted by atomic mass is 10.0. The number of carbonyl (C=O) groups is 1. The van der Waals surface area contributed by atoms with Gasteiger partial charge < -0.3 is 15.8 Å². The number of nitrogens with two attached hydrogens (primary N) is 1. The summed E-state index contributed by atoms with van der Waals surface area (Å²) in [7, 11) is 0. The van der Waals surface area contributed by atoms with Gasteiger partial charge >= 0.3 is 0 Å². The zero-order chi connectivity index (χ0) is 15.2. The fraction of sp³-hybridized carbons (Fsp3) is 0.588. The molecule has 22 heavy (non-hydrogen) atoms. The summed E-state index contributed by atoms with van der Waals surface area (Å²) in [4.78, 5) is 12.3. The second-order valence-electron chi connectivity index (χ2n) is 6.24. The molecule has 0 aromatic heterocycles. The van der Waals surface area contributed by atoms with Crippen molar-refractivity contribution in [3.05, 3.63) is 29.8 Å². The predicted octanol–water partition coefficient (Wildman–Crippen LogP) is 3.00.